The number of benzene rings is 3. The lowest BCUT2D eigenvalue weighted by Gasteiger charge is -2.25. The Balaban J connectivity index is 1.59. The lowest BCUT2D eigenvalue weighted by atomic mass is 9.95. The van der Waals surface area contributed by atoms with Crippen LogP contribution < -0.4 is 9.47 Å². The molecule has 7 nitrogen and oxygen atoms in total. The molecular formula is C30H24ClNO6. The molecule has 192 valence electrons. The predicted molar refractivity (Wildman–Crippen MR) is 142 cm³/mol. The van der Waals surface area contributed by atoms with Crippen molar-refractivity contribution in [3.05, 3.63) is 124 Å². The van der Waals surface area contributed by atoms with Crippen LogP contribution in [0.4, 0.5) is 0 Å². The summed E-state index contributed by atoms with van der Waals surface area (Å²) >= 11 is 6.39. The van der Waals surface area contributed by atoms with Crippen molar-refractivity contribution in [2.24, 2.45) is 0 Å². The van der Waals surface area contributed by atoms with Gasteiger partial charge in [0.05, 0.1) is 36.6 Å². The molecule has 1 aliphatic rings. The smallest absolute Gasteiger partial charge is 0.296 e. The first-order valence-corrected chi connectivity index (χ1v) is 12.3. The minimum atomic E-state index is -0.914. The number of likely N-dealkylation sites (tertiary alicyclic amines) is 1. The van der Waals surface area contributed by atoms with Gasteiger partial charge in [0.1, 0.15) is 29.6 Å². The van der Waals surface area contributed by atoms with Crippen LogP contribution in [0.25, 0.3) is 5.76 Å². The molecule has 1 aliphatic heterocycles. The first-order valence-electron chi connectivity index (χ1n) is 11.9. The molecule has 1 amide bonds. The normalized spacial score (nSPS) is 16.6. The first-order chi connectivity index (χ1) is 18.5. The van der Waals surface area contributed by atoms with E-state index in [0.29, 0.717) is 29.4 Å². The van der Waals surface area contributed by atoms with Crippen LogP contribution >= 0.6 is 11.6 Å². The van der Waals surface area contributed by atoms with Gasteiger partial charge in [0.2, 0.25) is 0 Å². The van der Waals surface area contributed by atoms with E-state index in [4.69, 9.17) is 25.5 Å². The maximum atomic E-state index is 13.4. The van der Waals surface area contributed by atoms with E-state index < -0.39 is 23.5 Å². The Morgan fingerprint density at radius 2 is 1.79 bits per heavy atom. The zero-order valence-corrected chi connectivity index (χ0v) is 21.2. The topological polar surface area (TPSA) is 89.2 Å². The first kappa shape index (κ1) is 25.2. The van der Waals surface area contributed by atoms with Gasteiger partial charge in [0, 0.05) is 5.56 Å². The molecular weight excluding hydrogens is 506 g/mol. The van der Waals surface area contributed by atoms with Crippen LogP contribution in [0.1, 0.15) is 28.5 Å². The molecule has 3 aromatic carbocycles. The highest BCUT2D eigenvalue weighted by molar-refractivity contribution is 6.47. The number of carbonyl (C=O) groups is 2. The molecule has 1 saturated heterocycles. The SMILES string of the molecule is COc1ccc(Cl)c(/C(O)=C2\C(=O)C(=O)N(Cc3ccco3)C2c2cccc(OCc3ccccc3)c2)c1. The van der Waals surface area contributed by atoms with Crippen LogP contribution in [0.15, 0.2) is 101 Å². The van der Waals surface area contributed by atoms with Crippen molar-refractivity contribution in [3.8, 4) is 11.5 Å². The van der Waals surface area contributed by atoms with Crippen molar-refractivity contribution in [3.63, 3.8) is 0 Å². The maximum Gasteiger partial charge on any atom is 0.296 e. The number of rotatable bonds is 8. The van der Waals surface area contributed by atoms with Gasteiger partial charge in [-0.25, -0.2) is 0 Å². The van der Waals surface area contributed by atoms with Crippen molar-refractivity contribution >= 4 is 29.1 Å². The van der Waals surface area contributed by atoms with Gasteiger partial charge in [0.15, 0.2) is 0 Å². The molecule has 1 fully saturated rings. The molecule has 0 saturated carbocycles. The van der Waals surface area contributed by atoms with Gasteiger partial charge >= 0.3 is 0 Å². The summed E-state index contributed by atoms with van der Waals surface area (Å²) in [6.07, 6.45) is 1.50. The number of hydrogen-bond acceptors (Lipinski definition) is 6. The number of furan rings is 1. The summed E-state index contributed by atoms with van der Waals surface area (Å²) in [6, 6.07) is 24.0. The van der Waals surface area contributed by atoms with E-state index in [0.717, 1.165) is 5.56 Å². The third-order valence-corrected chi connectivity index (χ3v) is 6.63. The van der Waals surface area contributed by atoms with Gasteiger partial charge in [-0.05, 0) is 53.6 Å². The molecule has 0 aliphatic carbocycles. The third kappa shape index (κ3) is 5.01. The van der Waals surface area contributed by atoms with Crippen LogP contribution in [0, 0.1) is 0 Å². The van der Waals surface area contributed by atoms with Gasteiger partial charge in [0.25, 0.3) is 11.7 Å². The minimum Gasteiger partial charge on any atom is -0.507 e. The van der Waals surface area contributed by atoms with E-state index in [1.54, 1.807) is 48.5 Å². The van der Waals surface area contributed by atoms with Crippen molar-refractivity contribution in [2.75, 3.05) is 7.11 Å². The number of halogens is 1. The summed E-state index contributed by atoms with van der Waals surface area (Å²) in [7, 11) is 1.48. The lowest BCUT2D eigenvalue weighted by molar-refractivity contribution is -0.140. The van der Waals surface area contributed by atoms with E-state index in [2.05, 4.69) is 0 Å². The highest BCUT2D eigenvalue weighted by Gasteiger charge is 2.46. The van der Waals surface area contributed by atoms with Crippen LogP contribution in [0.3, 0.4) is 0 Å². The average Bonchev–Trinajstić information content (AvgIpc) is 3.55. The van der Waals surface area contributed by atoms with E-state index in [1.807, 2.05) is 30.3 Å². The second-order valence-electron chi connectivity index (χ2n) is 8.70. The molecule has 0 spiro atoms. The Morgan fingerprint density at radius 3 is 2.53 bits per heavy atom. The summed E-state index contributed by atoms with van der Waals surface area (Å²) < 4.78 is 16.7. The summed E-state index contributed by atoms with van der Waals surface area (Å²) in [4.78, 5) is 28.0. The van der Waals surface area contributed by atoms with Crippen LogP contribution in [0.2, 0.25) is 5.02 Å². The van der Waals surface area contributed by atoms with Crippen LogP contribution in [-0.4, -0.2) is 28.8 Å². The Morgan fingerprint density at radius 1 is 0.974 bits per heavy atom. The number of aliphatic hydroxyl groups is 1. The zero-order chi connectivity index (χ0) is 26.6. The fourth-order valence-corrected chi connectivity index (χ4v) is 4.64. The predicted octanol–water partition coefficient (Wildman–Crippen LogP) is 6.14. The largest absolute Gasteiger partial charge is 0.507 e. The van der Waals surface area contributed by atoms with E-state index in [1.165, 1.54) is 24.3 Å². The summed E-state index contributed by atoms with van der Waals surface area (Å²) in [6.45, 7) is 0.371. The molecule has 1 unspecified atom stereocenters. The van der Waals surface area contributed by atoms with Gasteiger partial charge in [-0.15, -0.1) is 0 Å². The molecule has 4 aromatic rings. The monoisotopic (exact) mass is 529 g/mol. The minimum absolute atomic E-state index is 0.0277. The molecule has 2 heterocycles. The summed E-state index contributed by atoms with van der Waals surface area (Å²) in [5.74, 6) is -0.498. The number of amides is 1. The standard InChI is InChI=1S/C30H24ClNO6/c1-36-21-12-13-25(31)24(16-21)28(33)26-27(32(30(35)29(26)34)17-23-11-6-14-37-23)20-9-5-10-22(15-20)38-18-19-7-3-2-4-8-19/h2-16,27,33H,17-18H2,1H3/b28-26+. The third-order valence-electron chi connectivity index (χ3n) is 6.30. The molecule has 0 bridgehead atoms. The molecule has 5 rings (SSSR count). The number of Topliss-reactive ketones (excluding diaryl/α,β-unsaturated/α-hetero) is 1. The Bertz CT molecular complexity index is 1500. The molecule has 0 radical (unpaired) electrons. The Labute approximate surface area is 224 Å². The van der Waals surface area contributed by atoms with Crippen molar-refractivity contribution in [1.82, 2.24) is 4.90 Å². The fourth-order valence-electron chi connectivity index (χ4n) is 4.43. The second-order valence-corrected chi connectivity index (χ2v) is 9.11. The Hall–Kier alpha value is -4.49. The maximum absolute atomic E-state index is 13.4. The number of carbonyl (C=O) groups excluding carboxylic acids is 2. The van der Waals surface area contributed by atoms with E-state index in [9.17, 15) is 14.7 Å². The van der Waals surface area contributed by atoms with Crippen LogP contribution in [-0.2, 0) is 22.7 Å². The number of ketones is 1. The van der Waals surface area contributed by atoms with Crippen molar-refractivity contribution < 1.29 is 28.6 Å². The van der Waals surface area contributed by atoms with Gasteiger partial charge in [-0.1, -0.05) is 54.1 Å². The number of methoxy groups -OCH3 is 1. The van der Waals surface area contributed by atoms with E-state index >= 15 is 0 Å². The van der Waals surface area contributed by atoms with Gasteiger partial charge in [-0.3, -0.25) is 9.59 Å². The molecule has 8 heteroatoms. The highest BCUT2D eigenvalue weighted by Crippen LogP contribution is 2.42. The highest BCUT2D eigenvalue weighted by atomic mass is 35.5. The lowest BCUT2D eigenvalue weighted by Crippen LogP contribution is -2.29. The quantitative estimate of drug-likeness (QED) is 0.167. The number of ether oxygens (including phenoxy) is 2. The fraction of sp³-hybridized carbons (Fsp3) is 0.133. The Kier molecular flexibility index (Phi) is 7.20. The summed E-state index contributed by atoms with van der Waals surface area (Å²) in [5, 5.41) is 11.6. The number of hydrogen-bond donors (Lipinski definition) is 1. The average molecular weight is 530 g/mol. The second kappa shape index (κ2) is 10.9. The molecule has 1 N–H and O–H groups in total. The van der Waals surface area contributed by atoms with Crippen molar-refractivity contribution in [1.29, 1.82) is 0 Å². The molecule has 1 atom stereocenters. The molecule has 38 heavy (non-hydrogen) atoms. The van der Waals surface area contributed by atoms with Crippen molar-refractivity contribution in [2.45, 2.75) is 19.2 Å². The number of nitrogens with zero attached hydrogens (tertiary/aromatic N) is 1. The van der Waals surface area contributed by atoms with Gasteiger partial charge in [-0.2, -0.15) is 0 Å². The zero-order valence-electron chi connectivity index (χ0n) is 20.5. The molecule has 1 aromatic heterocycles. The summed E-state index contributed by atoms with van der Waals surface area (Å²) in [5.41, 5.74) is 1.68. The van der Waals surface area contributed by atoms with Gasteiger partial charge < -0.3 is 23.9 Å². The number of aliphatic hydroxyl groups excluding tert-OH is 1. The van der Waals surface area contributed by atoms with Crippen LogP contribution in [0.5, 0.6) is 11.5 Å². The van der Waals surface area contributed by atoms with E-state index in [-0.39, 0.29) is 22.7 Å².